The van der Waals surface area contributed by atoms with Gasteiger partial charge in [-0.1, -0.05) is 6.07 Å². The van der Waals surface area contributed by atoms with E-state index < -0.39 is 23.1 Å². The largest absolute Gasteiger partial charge is 0.507 e. The Bertz CT molecular complexity index is 1220. The van der Waals surface area contributed by atoms with E-state index in [0.717, 1.165) is 24.2 Å². The Morgan fingerprint density at radius 1 is 1.06 bits per heavy atom. The van der Waals surface area contributed by atoms with Crippen molar-refractivity contribution in [1.29, 1.82) is 0 Å². The monoisotopic (exact) mass is 462 g/mol. The van der Waals surface area contributed by atoms with Crippen LogP contribution in [0.4, 0.5) is 13.2 Å². The minimum absolute atomic E-state index is 0.0793. The van der Waals surface area contributed by atoms with Gasteiger partial charge in [-0.05, 0) is 56.3 Å². The summed E-state index contributed by atoms with van der Waals surface area (Å²) in [7, 11) is 1.98. The van der Waals surface area contributed by atoms with Gasteiger partial charge in [-0.2, -0.15) is 13.2 Å². The highest BCUT2D eigenvalue weighted by Gasteiger charge is 2.41. The summed E-state index contributed by atoms with van der Waals surface area (Å²) in [6, 6.07) is 7.50. The molecule has 2 heterocycles. The first-order valence-corrected chi connectivity index (χ1v) is 10.6. The summed E-state index contributed by atoms with van der Waals surface area (Å²) in [5, 5.41) is 10.4. The van der Waals surface area contributed by atoms with E-state index in [1.165, 1.54) is 12.1 Å². The summed E-state index contributed by atoms with van der Waals surface area (Å²) in [5.41, 5.74) is 0.491. The lowest BCUT2D eigenvalue weighted by Gasteiger charge is -2.32. The highest BCUT2D eigenvalue weighted by atomic mass is 19.4. The van der Waals surface area contributed by atoms with E-state index in [1.54, 1.807) is 26.0 Å². The second-order valence-electron chi connectivity index (χ2n) is 8.53. The molecule has 176 valence electrons. The van der Waals surface area contributed by atoms with Crippen LogP contribution in [-0.2, 0) is 12.7 Å². The van der Waals surface area contributed by atoms with Gasteiger partial charge < -0.3 is 19.2 Å². The number of ether oxygens (including phenoxy) is 1. The standard InChI is InChI=1S/C24H25F3N2O4/c1-14-10-15(2)12-16(11-14)32-22-20(31)17-4-5-19(30)18(13-29-8-6-28(3)7-9-29)21(17)33-23(22)24(25,26)27/h4-5,10-12,30H,6-9,13H2,1-3H3. The maximum atomic E-state index is 14.0. The van der Waals surface area contributed by atoms with Crippen LogP contribution in [0.2, 0.25) is 0 Å². The van der Waals surface area contributed by atoms with Crippen molar-refractivity contribution in [2.75, 3.05) is 33.2 Å². The van der Waals surface area contributed by atoms with Gasteiger partial charge in [0.2, 0.25) is 11.2 Å². The number of aromatic hydroxyl groups is 1. The molecule has 0 unspecified atom stereocenters. The van der Waals surface area contributed by atoms with Crippen LogP contribution in [-0.4, -0.2) is 48.1 Å². The van der Waals surface area contributed by atoms with Gasteiger partial charge in [-0.15, -0.1) is 0 Å². The Morgan fingerprint density at radius 3 is 2.30 bits per heavy atom. The van der Waals surface area contributed by atoms with E-state index in [1.807, 2.05) is 18.0 Å². The molecule has 6 nitrogen and oxygen atoms in total. The van der Waals surface area contributed by atoms with Gasteiger partial charge >= 0.3 is 6.18 Å². The van der Waals surface area contributed by atoms with Gasteiger partial charge in [0.1, 0.15) is 17.1 Å². The molecule has 1 aliphatic heterocycles. The number of aryl methyl sites for hydroxylation is 2. The Balaban J connectivity index is 1.85. The van der Waals surface area contributed by atoms with Crippen LogP contribution < -0.4 is 10.2 Å². The number of phenolic OH excluding ortho intramolecular Hbond substituents is 1. The molecule has 0 aliphatic carbocycles. The van der Waals surface area contributed by atoms with Gasteiger partial charge in [-0.3, -0.25) is 9.69 Å². The van der Waals surface area contributed by atoms with Crippen LogP contribution in [0.3, 0.4) is 0 Å². The predicted molar refractivity (Wildman–Crippen MR) is 118 cm³/mol. The van der Waals surface area contributed by atoms with E-state index in [-0.39, 0.29) is 34.6 Å². The molecule has 0 saturated carbocycles. The van der Waals surface area contributed by atoms with Crippen LogP contribution in [0.25, 0.3) is 11.0 Å². The molecule has 3 aromatic rings. The number of phenols is 1. The lowest BCUT2D eigenvalue weighted by Crippen LogP contribution is -2.43. The molecular formula is C24H25F3N2O4. The maximum Gasteiger partial charge on any atom is 0.453 e. The van der Waals surface area contributed by atoms with Crippen molar-refractivity contribution in [3.8, 4) is 17.2 Å². The van der Waals surface area contributed by atoms with Gasteiger partial charge in [0.05, 0.1) is 10.9 Å². The molecule has 4 rings (SSSR count). The molecule has 0 atom stereocenters. The molecule has 0 amide bonds. The van der Waals surface area contributed by atoms with E-state index in [0.29, 0.717) is 13.1 Å². The second kappa shape index (κ2) is 8.72. The third kappa shape index (κ3) is 4.84. The van der Waals surface area contributed by atoms with Crippen LogP contribution in [0, 0.1) is 13.8 Å². The van der Waals surface area contributed by atoms with Crippen molar-refractivity contribution in [3.05, 3.63) is 63.0 Å². The number of fused-ring (bicyclic) bond motifs is 1. The Kier molecular flexibility index (Phi) is 6.11. The summed E-state index contributed by atoms with van der Waals surface area (Å²) >= 11 is 0. The summed E-state index contributed by atoms with van der Waals surface area (Å²) < 4.78 is 52.6. The van der Waals surface area contributed by atoms with Crippen LogP contribution in [0.5, 0.6) is 17.2 Å². The molecule has 1 N–H and O–H groups in total. The molecule has 1 aromatic heterocycles. The minimum Gasteiger partial charge on any atom is -0.507 e. The zero-order valence-electron chi connectivity index (χ0n) is 18.6. The molecule has 1 saturated heterocycles. The Morgan fingerprint density at radius 2 is 1.70 bits per heavy atom. The molecule has 1 fully saturated rings. The predicted octanol–water partition coefficient (Wildman–Crippen LogP) is 4.67. The minimum atomic E-state index is -4.97. The summed E-state index contributed by atoms with van der Waals surface area (Å²) in [5.74, 6) is -2.55. The zero-order valence-corrected chi connectivity index (χ0v) is 18.6. The van der Waals surface area contributed by atoms with Crippen molar-refractivity contribution in [2.45, 2.75) is 26.6 Å². The number of piperazine rings is 1. The molecule has 1 aliphatic rings. The van der Waals surface area contributed by atoms with Gasteiger partial charge in [-0.25, -0.2) is 0 Å². The van der Waals surface area contributed by atoms with Crippen molar-refractivity contribution >= 4 is 11.0 Å². The number of rotatable bonds is 4. The fraction of sp³-hybridized carbons (Fsp3) is 0.375. The lowest BCUT2D eigenvalue weighted by molar-refractivity contribution is -0.154. The molecule has 9 heteroatoms. The fourth-order valence-corrected chi connectivity index (χ4v) is 4.06. The van der Waals surface area contributed by atoms with Crippen molar-refractivity contribution < 1.29 is 27.4 Å². The molecule has 0 spiro atoms. The molecule has 33 heavy (non-hydrogen) atoms. The number of likely N-dealkylation sites (N-methyl/N-ethyl adjacent to an activating group) is 1. The Hall–Kier alpha value is -3.04. The average molecular weight is 462 g/mol. The Labute approximate surface area is 188 Å². The van der Waals surface area contributed by atoms with Crippen molar-refractivity contribution in [2.24, 2.45) is 0 Å². The van der Waals surface area contributed by atoms with Gasteiger partial charge in [0.15, 0.2) is 0 Å². The molecule has 0 bridgehead atoms. The fourth-order valence-electron chi connectivity index (χ4n) is 4.06. The molecule has 2 aromatic carbocycles. The third-order valence-electron chi connectivity index (χ3n) is 5.75. The highest BCUT2D eigenvalue weighted by molar-refractivity contribution is 5.83. The maximum absolute atomic E-state index is 14.0. The van der Waals surface area contributed by atoms with Gasteiger partial charge in [0, 0.05) is 32.7 Å². The zero-order chi connectivity index (χ0) is 23.9. The number of halogens is 3. The third-order valence-corrected chi connectivity index (χ3v) is 5.75. The second-order valence-corrected chi connectivity index (χ2v) is 8.53. The summed E-state index contributed by atoms with van der Waals surface area (Å²) in [6.07, 6.45) is -4.97. The number of hydrogen-bond acceptors (Lipinski definition) is 6. The first-order chi connectivity index (χ1) is 15.5. The number of nitrogens with zero attached hydrogens (tertiary/aromatic N) is 2. The molecule has 0 radical (unpaired) electrons. The van der Waals surface area contributed by atoms with Crippen LogP contribution >= 0.6 is 0 Å². The normalized spacial score (nSPS) is 15.8. The van der Waals surface area contributed by atoms with E-state index in [4.69, 9.17) is 9.15 Å². The smallest absolute Gasteiger partial charge is 0.453 e. The van der Waals surface area contributed by atoms with E-state index >= 15 is 0 Å². The van der Waals surface area contributed by atoms with Gasteiger partial charge in [0.25, 0.3) is 5.76 Å². The topological polar surface area (TPSA) is 66.2 Å². The summed E-state index contributed by atoms with van der Waals surface area (Å²) in [6.45, 7) is 6.65. The van der Waals surface area contributed by atoms with E-state index in [9.17, 15) is 23.1 Å². The van der Waals surface area contributed by atoms with Crippen molar-refractivity contribution in [1.82, 2.24) is 9.80 Å². The number of alkyl halides is 3. The van der Waals surface area contributed by atoms with Crippen LogP contribution in [0.1, 0.15) is 22.5 Å². The first-order valence-electron chi connectivity index (χ1n) is 10.6. The average Bonchev–Trinajstić information content (AvgIpc) is 2.72. The van der Waals surface area contributed by atoms with Crippen molar-refractivity contribution in [3.63, 3.8) is 0 Å². The number of benzene rings is 2. The SMILES string of the molecule is Cc1cc(C)cc(Oc2c(C(F)(F)F)oc3c(CN4CCN(C)CC4)c(O)ccc3c2=O)c1. The first kappa shape index (κ1) is 23.1. The highest BCUT2D eigenvalue weighted by Crippen LogP contribution is 2.40. The summed E-state index contributed by atoms with van der Waals surface area (Å²) in [4.78, 5) is 17.3. The quantitative estimate of drug-likeness (QED) is 0.608. The number of hydrogen-bond donors (Lipinski definition) is 1. The van der Waals surface area contributed by atoms with Crippen LogP contribution in [0.15, 0.2) is 39.5 Å². The molecular weight excluding hydrogens is 437 g/mol. The lowest BCUT2D eigenvalue weighted by atomic mass is 10.1. The van der Waals surface area contributed by atoms with E-state index in [2.05, 4.69) is 4.90 Å².